The largest absolute Gasteiger partial charge is 0.479 e. The van der Waals surface area contributed by atoms with Crippen LogP contribution in [0.15, 0.2) is 12.7 Å². The molecule has 0 saturated carbocycles. The number of carboxylic acid groups (broad SMARTS) is 1. The zero-order valence-corrected chi connectivity index (χ0v) is 8.61. The Morgan fingerprint density at radius 2 is 1.44 bits per heavy atom. The number of hydrogen-bond acceptors (Lipinski definition) is 2. The number of carboxylic acids is 1. The Labute approximate surface area is 97.5 Å². The molecule has 0 spiro atoms. The van der Waals surface area contributed by atoms with E-state index in [2.05, 4.69) is 6.58 Å². The molecular formula is C10H6F5NO2. The maximum absolute atomic E-state index is 13.2. The van der Waals surface area contributed by atoms with Crippen LogP contribution in [-0.4, -0.2) is 17.1 Å². The van der Waals surface area contributed by atoms with Crippen LogP contribution in [0.5, 0.6) is 0 Å². The molecule has 0 amide bonds. The lowest BCUT2D eigenvalue weighted by Crippen LogP contribution is -2.28. The Morgan fingerprint density at radius 1 is 1.06 bits per heavy atom. The highest BCUT2D eigenvalue weighted by atomic mass is 19.2. The summed E-state index contributed by atoms with van der Waals surface area (Å²) in [5, 5.41) is 10.2. The van der Waals surface area contributed by atoms with Crippen molar-refractivity contribution in [3.8, 4) is 0 Å². The molecular weight excluding hydrogens is 261 g/mol. The highest BCUT2D eigenvalue weighted by Crippen LogP contribution is 2.27. The van der Waals surface area contributed by atoms with Crippen LogP contribution in [0.4, 0.5) is 27.6 Å². The number of nitrogens with one attached hydrogen (secondary N) is 1. The fourth-order valence-electron chi connectivity index (χ4n) is 1.11. The monoisotopic (exact) mass is 267 g/mol. The number of aliphatic carboxylic acids is 1. The number of carbonyl (C=O) groups is 1. The summed E-state index contributed by atoms with van der Waals surface area (Å²) in [5.74, 6) is -12.5. The van der Waals surface area contributed by atoms with E-state index in [4.69, 9.17) is 5.11 Å². The molecule has 1 unspecified atom stereocenters. The Bertz CT molecular complexity index is 488. The number of rotatable bonds is 4. The average Bonchev–Trinajstić information content (AvgIpc) is 2.34. The Balaban J connectivity index is 3.33. The molecule has 0 aliphatic rings. The first-order valence-electron chi connectivity index (χ1n) is 4.44. The topological polar surface area (TPSA) is 49.3 Å². The first-order valence-corrected chi connectivity index (χ1v) is 4.44. The summed E-state index contributed by atoms with van der Waals surface area (Å²) in [6, 6.07) is -1.70. The van der Waals surface area contributed by atoms with Crippen molar-refractivity contribution in [3.05, 3.63) is 41.7 Å². The molecule has 3 nitrogen and oxygen atoms in total. The standard InChI is InChI=1S/C10H6F5NO2/c1-2-3(10(17)18)16-9-7(14)5(12)4(11)6(13)8(9)15/h2-3,16H,1H2,(H,17,18). The molecule has 1 atom stereocenters. The first-order chi connectivity index (χ1) is 8.31. The van der Waals surface area contributed by atoms with Crippen molar-refractivity contribution < 1.29 is 31.9 Å². The summed E-state index contributed by atoms with van der Waals surface area (Å²) in [4.78, 5) is 10.6. The molecule has 2 N–H and O–H groups in total. The van der Waals surface area contributed by atoms with Gasteiger partial charge in [-0.1, -0.05) is 6.08 Å². The molecule has 0 heterocycles. The Morgan fingerprint density at radius 3 is 1.78 bits per heavy atom. The molecule has 18 heavy (non-hydrogen) atoms. The zero-order chi connectivity index (χ0) is 14.0. The summed E-state index contributed by atoms with van der Waals surface area (Å²) in [7, 11) is 0. The lowest BCUT2D eigenvalue weighted by atomic mass is 10.2. The third-order valence-corrected chi connectivity index (χ3v) is 2.01. The molecule has 1 aromatic rings. The van der Waals surface area contributed by atoms with E-state index in [1.165, 1.54) is 0 Å². The van der Waals surface area contributed by atoms with Crippen LogP contribution >= 0.6 is 0 Å². The predicted octanol–water partition coefficient (Wildman–Crippen LogP) is 2.43. The van der Waals surface area contributed by atoms with E-state index in [-0.39, 0.29) is 0 Å². The Kier molecular flexibility index (Phi) is 3.89. The van der Waals surface area contributed by atoms with E-state index in [1.807, 2.05) is 0 Å². The van der Waals surface area contributed by atoms with Crippen molar-refractivity contribution in [2.75, 3.05) is 5.32 Å². The highest BCUT2D eigenvalue weighted by Gasteiger charge is 2.27. The van der Waals surface area contributed by atoms with Crippen LogP contribution in [0.1, 0.15) is 0 Å². The number of halogens is 5. The lowest BCUT2D eigenvalue weighted by molar-refractivity contribution is -0.136. The fraction of sp³-hybridized carbons (Fsp3) is 0.100. The summed E-state index contributed by atoms with van der Waals surface area (Å²) in [6.45, 7) is 3.05. The molecule has 0 bridgehead atoms. The van der Waals surface area contributed by atoms with E-state index >= 15 is 0 Å². The van der Waals surface area contributed by atoms with Gasteiger partial charge in [0.25, 0.3) is 0 Å². The Hall–Kier alpha value is -2.12. The smallest absolute Gasteiger partial charge is 0.330 e. The zero-order valence-electron chi connectivity index (χ0n) is 8.61. The van der Waals surface area contributed by atoms with Gasteiger partial charge < -0.3 is 10.4 Å². The first kappa shape index (κ1) is 13.9. The molecule has 0 aromatic heterocycles. The second kappa shape index (κ2) is 5.03. The van der Waals surface area contributed by atoms with Crippen LogP contribution in [0.2, 0.25) is 0 Å². The average molecular weight is 267 g/mol. The second-order valence-electron chi connectivity index (χ2n) is 3.14. The van der Waals surface area contributed by atoms with Gasteiger partial charge in [0.1, 0.15) is 11.7 Å². The van der Waals surface area contributed by atoms with Crippen molar-refractivity contribution in [1.29, 1.82) is 0 Å². The minimum atomic E-state index is -2.32. The van der Waals surface area contributed by atoms with E-state index < -0.39 is 46.8 Å². The summed E-state index contributed by atoms with van der Waals surface area (Å²) < 4.78 is 64.6. The fourth-order valence-corrected chi connectivity index (χ4v) is 1.11. The molecule has 0 aliphatic carbocycles. The van der Waals surface area contributed by atoms with E-state index in [0.717, 1.165) is 6.08 Å². The summed E-state index contributed by atoms with van der Waals surface area (Å²) in [6.07, 6.45) is 0.736. The molecule has 0 aliphatic heterocycles. The van der Waals surface area contributed by atoms with Gasteiger partial charge >= 0.3 is 5.97 Å². The van der Waals surface area contributed by atoms with Gasteiger partial charge in [0.05, 0.1) is 0 Å². The normalized spacial score (nSPS) is 12.1. The van der Waals surface area contributed by atoms with Crippen molar-refractivity contribution in [3.63, 3.8) is 0 Å². The molecule has 98 valence electrons. The van der Waals surface area contributed by atoms with Gasteiger partial charge in [-0.05, 0) is 0 Å². The van der Waals surface area contributed by atoms with Crippen LogP contribution < -0.4 is 5.32 Å². The van der Waals surface area contributed by atoms with Crippen LogP contribution in [-0.2, 0) is 4.79 Å². The minimum absolute atomic E-state index is 0.736. The number of anilines is 1. The molecule has 1 aromatic carbocycles. The predicted molar refractivity (Wildman–Crippen MR) is 51.5 cm³/mol. The summed E-state index contributed by atoms with van der Waals surface area (Å²) in [5.41, 5.74) is -1.42. The van der Waals surface area contributed by atoms with Gasteiger partial charge in [-0.2, -0.15) is 0 Å². The second-order valence-corrected chi connectivity index (χ2v) is 3.14. The maximum Gasteiger partial charge on any atom is 0.330 e. The van der Waals surface area contributed by atoms with Crippen molar-refractivity contribution in [1.82, 2.24) is 0 Å². The van der Waals surface area contributed by atoms with E-state index in [0.29, 0.717) is 0 Å². The maximum atomic E-state index is 13.2. The molecule has 0 fully saturated rings. The SMILES string of the molecule is C=CC(Nc1c(F)c(F)c(F)c(F)c1F)C(=O)O. The van der Waals surface area contributed by atoms with Crippen molar-refractivity contribution >= 4 is 11.7 Å². The van der Waals surface area contributed by atoms with Crippen molar-refractivity contribution in [2.45, 2.75) is 6.04 Å². The van der Waals surface area contributed by atoms with Crippen molar-refractivity contribution in [2.24, 2.45) is 0 Å². The third-order valence-electron chi connectivity index (χ3n) is 2.01. The molecule has 0 radical (unpaired) electrons. The molecule has 0 saturated heterocycles. The quantitative estimate of drug-likeness (QED) is 0.381. The molecule has 1 rings (SSSR count). The number of hydrogen-bond donors (Lipinski definition) is 2. The number of benzene rings is 1. The van der Waals surface area contributed by atoms with Crippen LogP contribution in [0.3, 0.4) is 0 Å². The summed E-state index contributed by atoms with van der Waals surface area (Å²) >= 11 is 0. The van der Waals surface area contributed by atoms with Gasteiger partial charge in [0, 0.05) is 0 Å². The minimum Gasteiger partial charge on any atom is -0.479 e. The molecule has 8 heteroatoms. The van der Waals surface area contributed by atoms with Crippen LogP contribution in [0.25, 0.3) is 0 Å². The van der Waals surface area contributed by atoms with E-state index in [9.17, 15) is 26.7 Å². The van der Waals surface area contributed by atoms with Gasteiger partial charge in [0.15, 0.2) is 23.3 Å². The van der Waals surface area contributed by atoms with Gasteiger partial charge in [-0.15, -0.1) is 6.58 Å². The third kappa shape index (κ3) is 2.27. The van der Waals surface area contributed by atoms with E-state index in [1.54, 1.807) is 5.32 Å². The van der Waals surface area contributed by atoms with Crippen LogP contribution in [0, 0.1) is 29.1 Å². The van der Waals surface area contributed by atoms with Gasteiger partial charge in [-0.25, -0.2) is 26.7 Å². The highest BCUT2D eigenvalue weighted by molar-refractivity contribution is 5.79. The van der Waals surface area contributed by atoms with Gasteiger partial charge in [0.2, 0.25) is 5.82 Å². The van der Waals surface area contributed by atoms with Gasteiger partial charge in [-0.3, -0.25) is 0 Å². The lowest BCUT2D eigenvalue weighted by Gasteiger charge is -2.14.